The third-order valence-corrected chi connectivity index (χ3v) is 5.28. The predicted octanol–water partition coefficient (Wildman–Crippen LogP) is 5.52. The van der Waals surface area contributed by atoms with E-state index in [1.165, 1.54) is 31.5 Å². The molecule has 3 rings (SSSR count). The Morgan fingerprint density at radius 3 is 2.28 bits per heavy atom. The van der Waals surface area contributed by atoms with Crippen LogP contribution in [0.2, 0.25) is 5.02 Å². The molecule has 0 bridgehead atoms. The van der Waals surface area contributed by atoms with Gasteiger partial charge in [0, 0.05) is 11.6 Å². The Hall–Kier alpha value is -4.91. The van der Waals surface area contributed by atoms with E-state index in [0.717, 1.165) is 18.2 Å². The van der Waals surface area contributed by atoms with Crippen molar-refractivity contribution in [3.05, 3.63) is 84.9 Å². The number of carbonyl (C=O) groups is 1. The van der Waals surface area contributed by atoms with Crippen LogP contribution in [-0.2, 0) is 0 Å². The molecular weight excluding hydrogens is 536 g/mol. The van der Waals surface area contributed by atoms with Gasteiger partial charge in [-0.2, -0.15) is 5.10 Å². The number of hydrogen-bond donors (Lipinski definition) is 1. The maximum atomic E-state index is 12.5. The fourth-order valence-electron chi connectivity index (χ4n) is 3.30. The number of methoxy groups -OCH3 is 1. The first-order valence-corrected chi connectivity index (χ1v) is 11.8. The number of amides is 1. The van der Waals surface area contributed by atoms with E-state index in [-0.39, 0.29) is 34.4 Å². The van der Waals surface area contributed by atoms with Gasteiger partial charge in [0.15, 0.2) is 23.0 Å². The summed E-state index contributed by atoms with van der Waals surface area (Å²) in [5.41, 5.74) is 2.02. The second-order valence-corrected chi connectivity index (χ2v) is 7.94. The van der Waals surface area contributed by atoms with Gasteiger partial charge >= 0.3 is 5.69 Å². The molecule has 0 aliphatic carbocycles. The SMILES string of the molecule is CCOc1cc(C(=O)N/N=C/c2cc(Cl)c(Oc3ccc([N+](=O)[O-])cc3[N+](=O)[O-])c(OCC)c2)ccc1OC. The van der Waals surface area contributed by atoms with E-state index in [0.29, 0.717) is 23.7 Å². The van der Waals surface area contributed by atoms with Crippen molar-refractivity contribution in [3.8, 4) is 28.7 Å². The number of ether oxygens (including phenoxy) is 4. The molecule has 1 N–H and O–H groups in total. The number of halogens is 1. The van der Waals surface area contributed by atoms with E-state index in [1.54, 1.807) is 19.1 Å². The van der Waals surface area contributed by atoms with Crippen LogP contribution >= 0.6 is 11.6 Å². The second-order valence-electron chi connectivity index (χ2n) is 7.53. The maximum absolute atomic E-state index is 12.5. The van der Waals surface area contributed by atoms with Crippen molar-refractivity contribution in [1.82, 2.24) is 5.43 Å². The number of hydrazone groups is 1. The normalized spacial score (nSPS) is 10.7. The lowest BCUT2D eigenvalue weighted by Gasteiger charge is -2.14. The minimum atomic E-state index is -0.805. The van der Waals surface area contributed by atoms with Crippen molar-refractivity contribution < 1.29 is 33.6 Å². The lowest BCUT2D eigenvalue weighted by atomic mass is 10.2. The van der Waals surface area contributed by atoms with Crippen LogP contribution in [-0.4, -0.2) is 42.3 Å². The van der Waals surface area contributed by atoms with Gasteiger partial charge < -0.3 is 18.9 Å². The van der Waals surface area contributed by atoms with Gasteiger partial charge in [0.05, 0.1) is 47.5 Å². The smallest absolute Gasteiger partial charge is 0.318 e. The summed E-state index contributed by atoms with van der Waals surface area (Å²) in [6.07, 6.45) is 1.32. The molecule has 39 heavy (non-hydrogen) atoms. The van der Waals surface area contributed by atoms with E-state index in [2.05, 4.69) is 10.5 Å². The Morgan fingerprint density at radius 2 is 1.64 bits per heavy atom. The molecule has 1 amide bonds. The molecule has 0 spiro atoms. The molecule has 0 aliphatic heterocycles. The number of benzene rings is 3. The fraction of sp³-hybridized carbons (Fsp3) is 0.200. The zero-order valence-electron chi connectivity index (χ0n) is 21.0. The highest BCUT2D eigenvalue weighted by atomic mass is 35.5. The monoisotopic (exact) mass is 558 g/mol. The van der Waals surface area contributed by atoms with E-state index in [4.69, 9.17) is 30.5 Å². The first kappa shape index (κ1) is 28.7. The Morgan fingerprint density at radius 1 is 0.949 bits per heavy atom. The van der Waals surface area contributed by atoms with Crippen LogP contribution in [0.1, 0.15) is 29.8 Å². The summed E-state index contributed by atoms with van der Waals surface area (Å²) in [5.74, 6) is 0.203. The molecule has 3 aromatic carbocycles. The maximum Gasteiger partial charge on any atom is 0.318 e. The summed E-state index contributed by atoms with van der Waals surface area (Å²) < 4.78 is 21.9. The first-order chi connectivity index (χ1) is 18.7. The topological polar surface area (TPSA) is 165 Å². The summed E-state index contributed by atoms with van der Waals surface area (Å²) in [6.45, 7) is 4.10. The van der Waals surface area contributed by atoms with Crippen LogP contribution in [0.5, 0.6) is 28.7 Å². The largest absolute Gasteiger partial charge is 0.493 e. The van der Waals surface area contributed by atoms with Crippen LogP contribution in [0.3, 0.4) is 0 Å². The van der Waals surface area contributed by atoms with Gasteiger partial charge in [-0.15, -0.1) is 0 Å². The molecule has 0 saturated heterocycles. The highest BCUT2D eigenvalue weighted by Crippen LogP contribution is 2.42. The Bertz CT molecular complexity index is 1430. The molecule has 0 unspecified atom stereocenters. The van der Waals surface area contributed by atoms with E-state index < -0.39 is 27.1 Å². The number of carbonyl (C=O) groups excluding carboxylic acids is 1. The summed E-state index contributed by atoms with van der Waals surface area (Å²) in [6, 6.07) is 10.6. The van der Waals surface area contributed by atoms with Gasteiger partial charge in [-0.1, -0.05) is 11.6 Å². The molecule has 204 valence electrons. The van der Waals surface area contributed by atoms with E-state index in [1.807, 2.05) is 6.92 Å². The molecule has 14 heteroatoms. The summed E-state index contributed by atoms with van der Waals surface area (Å²) in [5, 5.41) is 26.4. The van der Waals surface area contributed by atoms with Crippen LogP contribution in [0.15, 0.2) is 53.6 Å². The lowest BCUT2D eigenvalue weighted by Crippen LogP contribution is -2.17. The minimum Gasteiger partial charge on any atom is -0.493 e. The summed E-state index contributed by atoms with van der Waals surface area (Å²) in [4.78, 5) is 33.5. The number of nitrogens with one attached hydrogen (secondary N) is 1. The van der Waals surface area contributed by atoms with Crippen molar-refractivity contribution >= 4 is 35.1 Å². The lowest BCUT2D eigenvalue weighted by molar-refractivity contribution is -0.394. The number of nitro benzene ring substituents is 2. The second kappa shape index (κ2) is 13.1. The summed E-state index contributed by atoms with van der Waals surface area (Å²) >= 11 is 6.39. The minimum absolute atomic E-state index is 0.0119. The average molecular weight is 559 g/mol. The van der Waals surface area contributed by atoms with Crippen LogP contribution in [0, 0.1) is 20.2 Å². The third kappa shape index (κ3) is 7.11. The molecule has 0 aliphatic rings. The molecule has 13 nitrogen and oxygen atoms in total. The van der Waals surface area contributed by atoms with Crippen molar-refractivity contribution in [2.24, 2.45) is 5.10 Å². The van der Waals surface area contributed by atoms with Gasteiger partial charge in [-0.3, -0.25) is 25.0 Å². The number of non-ortho nitro benzene ring substituents is 1. The molecule has 3 aromatic rings. The van der Waals surface area contributed by atoms with Crippen LogP contribution in [0.4, 0.5) is 11.4 Å². The van der Waals surface area contributed by atoms with Crippen LogP contribution in [0.25, 0.3) is 0 Å². The van der Waals surface area contributed by atoms with Crippen molar-refractivity contribution in [3.63, 3.8) is 0 Å². The Balaban J connectivity index is 1.84. The van der Waals surface area contributed by atoms with Gasteiger partial charge in [0.25, 0.3) is 11.6 Å². The number of nitrogens with zero attached hydrogens (tertiary/aromatic N) is 3. The third-order valence-electron chi connectivity index (χ3n) is 5.00. The molecule has 0 fully saturated rings. The van der Waals surface area contributed by atoms with Gasteiger partial charge in [-0.05, 0) is 55.8 Å². The first-order valence-electron chi connectivity index (χ1n) is 11.4. The molecular formula is C25H23ClN4O9. The van der Waals surface area contributed by atoms with E-state index >= 15 is 0 Å². The fourth-order valence-corrected chi connectivity index (χ4v) is 3.56. The zero-order valence-corrected chi connectivity index (χ0v) is 21.8. The van der Waals surface area contributed by atoms with Gasteiger partial charge in [-0.25, -0.2) is 5.43 Å². The molecule has 0 heterocycles. The van der Waals surface area contributed by atoms with Crippen LogP contribution < -0.4 is 24.4 Å². The summed E-state index contributed by atoms with van der Waals surface area (Å²) in [7, 11) is 1.49. The standard InChI is InChI=1S/C25H23ClN4O9/c1-4-37-22-12-16(6-8-21(22)36-3)25(31)28-27-14-15-10-18(26)24(23(11-15)38-5-2)39-20-9-7-17(29(32)33)13-19(20)30(34)35/h6-14H,4-5H2,1-3H3,(H,28,31)/b27-14+. The van der Waals surface area contributed by atoms with Crippen molar-refractivity contribution in [1.29, 1.82) is 0 Å². The highest BCUT2D eigenvalue weighted by molar-refractivity contribution is 6.32. The number of nitro groups is 2. The number of rotatable bonds is 12. The van der Waals surface area contributed by atoms with Gasteiger partial charge in [0.2, 0.25) is 5.75 Å². The van der Waals surface area contributed by atoms with Crippen molar-refractivity contribution in [2.45, 2.75) is 13.8 Å². The van der Waals surface area contributed by atoms with E-state index in [9.17, 15) is 25.0 Å². The molecule has 0 aromatic heterocycles. The highest BCUT2D eigenvalue weighted by Gasteiger charge is 2.23. The average Bonchev–Trinajstić information content (AvgIpc) is 2.90. The number of hydrogen-bond acceptors (Lipinski definition) is 10. The quantitative estimate of drug-likeness (QED) is 0.171. The Kier molecular flexibility index (Phi) is 9.59. The Labute approximate surface area is 227 Å². The zero-order chi connectivity index (χ0) is 28.5. The van der Waals surface area contributed by atoms with Crippen molar-refractivity contribution in [2.75, 3.05) is 20.3 Å². The predicted molar refractivity (Wildman–Crippen MR) is 142 cm³/mol. The van der Waals surface area contributed by atoms with Gasteiger partial charge in [0.1, 0.15) is 0 Å². The molecule has 0 saturated carbocycles. The molecule has 0 atom stereocenters. The molecule has 0 radical (unpaired) electrons.